The Morgan fingerprint density at radius 3 is 2.38 bits per heavy atom. The number of hydrogen-bond donors (Lipinski definition) is 1. The normalized spacial score (nSPS) is 11.0. The fourth-order valence-corrected chi connectivity index (χ4v) is 4.73. The molecule has 0 saturated heterocycles. The number of aryl methyl sites for hydroxylation is 1. The molecule has 0 aliphatic heterocycles. The predicted molar refractivity (Wildman–Crippen MR) is 150 cm³/mol. The first-order chi connectivity index (χ1) is 19.2. The van der Waals surface area contributed by atoms with E-state index in [1.165, 1.54) is 0 Å². The predicted octanol–water partition coefficient (Wildman–Crippen LogP) is 6.36. The van der Waals surface area contributed by atoms with E-state index in [-0.39, 0.29) is 0 Å². The number of ether oxygens (including phenoxy) is 1. The maximum Gasteiger partial charge on any atom is 0.205 e. The average molecular weight is 538 g/mol. The van der Waals surface area contributed by atoms with E-state index in [9.17, 15) is 0 Å². The summed E-state index contributed by atoms with van der Waals surface area (Å²) < 4.78 is 8.21. The average Bonchev–Trinajstić information content (AvgIpc) is 3.61. The van der Waals surface area contributed by atoms with Gasteiger partial charge in [-0.15, -0.1) is 10.2 Å². The Hall–Kier alpha value is -4.32. The molecule has 0 atom stereocenters. The number of nitrogens with one attached hydrogen (secondary N) is 1. The zero-order chi connectivity index (χ0) is 27.0. The fourth-order valence-electron chi connectivity index (χ4n) is 4.47. The summed E-state index contributed by atoms with van der Waals surface area (Å²) in [5, 5.41) is 24.0. The summed E-state index contributed by atoms with van der Waals surface area (Å²) in [5.74, 6) is 1.53. The molecule has 0 amide bonds. The summed E-state index contributed by atoms with van der Waals surface area (Å²) in [6.07, 6.45) is 2.95. The second-order valence-corrected chi connectivity index (χ2v) is 9.59. The Morgan fingerprint density at radius 1 is 0.949 bits per heavy atom. The number of aromatic amines is 1. The zero-order valence-electron chi connectivity index (χ0n) is 21.6. The molecule has 0 spiro atoms. The molecule has 0 aliphatic rings. The van der Waals surface area contributed by atoms with Crippen molar-refractivity contribution in [3.63, 3.8) is 0 Å². The van der Waals surface area contributed by atoms with Crippen molar-refractivity contribution in [3.8, 4) is 28.6 Å². The molecule has 2 heterocycles. The number of imidazole rings is 1. The zero-order valence-corrected chi connectivity index (χ0v) is 22.4. The summed E-state index contributed by atoms with van der Waals surface area (Å²) in [6.45, 7) is 3.57. The second-order valence-electron chi connectivity index (χ2n) is 9.23. The van der Waals surface area contributed by atoms with Gasteiger partial charge in [0, 0.05) is 18.5 Å². The number of nitriles is 1. The maximum absolute atomic E-state index is 9.01. The van der Waals surface area contributed by atoms with Crippen molar-refractivity contribution < 1.29 is 4.74 Å². The number of unbranched alkanes of at least 4 members (excludes halogenated alkanes) is 1. The van der Waals surface area contributed by atoms with Gasteiger partial charge in [-0.25, -0.2) is 4.98 Å². The Morgan fingerprint density at radius 2 is 1.69 bits per heavy atom. The van der Waals surface area contributed by atoms with Crippen molar-refractivity contribution in [1.29, 1.82) is 5.26 Å². The van der Waals surface area contributed by atoms with Crippen LogP contribution >= 0.6 is 11.6 Å². The molecule has 0 fully saturated rings. The minimum atomic E-state index is 0.341. The molecule has 0 saturated carbocycles. The van der Waals surface area contributed by atoms with Crippen molar-refractivity contribution in [1.82, 2.24) is 30.2 Å². The highest BCUT2D eigenvalue weighted by atomic mass is 35.5. The summed E-state index contributed by atoms with van der Waals surface area (Å²) in [6, 6.07) is 26.0. The number of tetrazole rings is 1. The number of nitrogens with zero attached hydrogens (tertiary/aromatic N) is 6. The van der Waals surface area contributed by atoms with Crippen LogP contribution < -0.4 is 0 Å². The van der Waals surface area contributed by atoms with Gasteiger partial charge >= 0.3 is 0 Å². The molecule has 3 aromatic carbocycles. The van der Waals surface area contributed by atoms with Crippen LogP contribution in [0.1, 0.15) is 48.0 Å². The van der Waals surface area contributed by atoms with Crippen LogP contribution in [0.2, 0.25) is 5.15 Å². The van der Waals surface area contributed by atoms with Crippen LogP contribution in [-0.4, -0.2) is 30.2 Å². The van der Waals surface area contributed by atoms with Crippen LogP contribution in [-0.2, 0) is 30.9 Å². The highest BCUT2D eigenvalue weighted by Gasteiger charge is 2.17. The maximum atomic E-state index is 9.01. The van der Waals surface area contributed by atoms with Crippen LogP contribution in [0.25, 0.3) is 22.5 Å². The third-order valence-electron chi connectivity index (χ3n) is 6.57. The van der Waals surface area contributed by atoms with Gasteiger partial charge in [0.2, 0.25) is 5.82 Å². The minimum absolute atomic E-state index is 0.341. The summed E-state index contributed by atoms with van der Waals surface area (Å²) in [4.78, 5) is 4.69. The molecular weight excluding hydrogens is 510 g/mol. The minimum Gasteiger partial charge on any atom is -0.370 e. The van der Waals surface area contributed by atoms with E-state index in [2.05, 4.69) is 73.5 Å². The van der Waals surface area contributed by atoms with E-state index in [4.69, 9.17) is 21.6 Å². The quantitative estimate of drug-likeness (QED) is 0.210. The van der Waals surface area contributed by atoms with Gasteiger partial charge in [-0.05, 0) is 46.0 Å². The Balaban J connectivity index is 1.35. The fraction of sp³-hybridized carbons (Fsp3) is 0.233. The van der Waals surface area contributed by atoms with Gasteiger partial charge in [0.05, 0.1) is 30.5 Å². The van der Waals surface area contributed by atoms with Crippen molar-refractivity contribution in [2.75, 3.05) is 0 Å². The number of H-pyrrole nitrogens is 1. The standard InChI is InChI=1S/C30H28ClN7O/c1-2-3-8-28-33-29(31)27(20-39-19-23-11-9-21(17-32)10-12-23)38(28)18-22-13-15-24(16-14-22)25-6-4-5-7-26(25)30-34-36-37-35-30/h4-7,9-16H,2-3,8,18-20H2,1H3,(H,34,35,36,37). The molecule has 5 rings (SSSR count). The molecule has 8 nitrogen and oxygen atoms in total. The Bertz CT molecular complexity index is 1550. The summed E-state index contributed by atoms with van der Waals surface area (Å²) >= 11 is 6.62. The van der Waals surface area contributed by atoms with Gasteiger partial charge in [0.15, 0.2) is 5.15 Å². The molecule has 39 heavy (non-hydrogen) atoms. The van der Waals surface area contributed by atoms with Crippen molar-refractivity contribution in [2.24, 2.45) is 0 Å². The molecule has 0 radical (unpaired) electrons. The van der Waals surface area contributed by atoms with Gasteiger partial charge in [-0.2, -0.15) is 10.5 Å². The topological polar surface area (TPSA) is 105 Å². The highest BCUT2D eigenvalue weighted by molar-refractivity contribution is 6.30. The molecule has 0 bridgehead atoms. The lowest BCUT2D eigenvalue weighted by Crippen LogP contribution is -2.10. The smallest absolute Gasteiger partial charge is 0.205 e. The van der Waals surface area contributed by atoms with Crippen LogP contribution in [0.3, 0.4) is 0 Å². The second kappa shape index (κ2) is 12.5. The van der Waals surface area contributed by atoms with E-state index < -0.39 is 0 Å². The lowest BCUT2D eigenvalue weighted by Gasteiger charge is -2.14. The number of halogens is 1. The Kier molecular flexibility index (Phi) is 8.42. The van der Waals surface area contributed by atoms with E-state index in [1.807, 2.05) is 30.3 Å². The first kappa shape index (κ1) is 26.3. The van der Waals surface area contributed by atoms with Crippen molar-refractivity contribution >= 4 is 11.6 Å². The summed E-state index contributed by atoms with van der Waals surface area (Å²) in [7, 11) is 0. The largest absolute Gasteiger partial charge is 0.370 e. The number of benzene rings is 3. The van der Waals surface area contributed by atoms with E-state index in [0.29, 0.717) is 36.3 Å². The van der Waals surface area contributed by atoms with Gasteiger partial charge in [0.1, 0.15) is 5.82 Å². The van der Waals surface area contributed by atoms with Crippen LogP contribution in [0.4, 0.5) is 0 Å². The monoisotopic (exact) mass is 537 g/mol. The van der Waals surface area contributed by atoms with Gasteiger partial charge in [-0.1, -0.05) is 85.6 Å². The third-order valence-corrected chi connectivity index (χ3v) is 6.87. The van der Waals surface area contributed by atoms with Crippen LogP contribution in [0.15, 0.2) is 72.8 Å². The molecule has 1 N–H and O–H groups in total. The summed E-state index contributed by atoms with van der Waals surface area (Å²) in [5.41, 5.74) is 6.66. The molecule has 9 heteroatoms. The van der Waals surface area contributed by atoms with Gasteiger partial charge in [-0.3, -0.25) is 0 Å². The lowest BCUT2D eigenvalue weighted by molar-refractivity contribution is 0.102. The molecule has 2 aromatic heterocycles. The van der Waals surface area contributed by atoms with Crippen LogP contribution in [0.5, 0.6) is 0 Å². The highest BCUT2D eigenvalue weighted by Crippen LogP contribution is 2.30. The SMILES string of the molecule is CCCCc1nc(Cl)c(COCc2ccc(C#N)cc2)n1Cc1ccc(-c2ccccc2-c2nn[nH]n2)cc1. The first-order valence-corrected chi connectivity index (χ1v) is 13.3. The third kappa shape index (κ3) is 6.23. The lowest BCUT2D eigenvalue weighted by atomic mass is 9.98. The van der Waals surface area contributed by atoms with Crippen LogP contribution in [0, 0.1) is 11.3 Å². The van der Waals surface area contributed by atoms with E-state index in [0.717, 1.165) is 58.6 Å². The first-order valence-electron chi connectivity index (χ1n) is 12.9. The van der Waals surface area contributed by atoms with Crippen molar-refractivity contribution in [3.05, 3.63) is 106 Å². The molecule has 0 aliphatic carbocycles. The number of aromatic nitrogens is 6. The van der Waals surface area contributed by atoms with Crippen molar-refractivity contribution in [2.45, 2.75) is 45.9 Å². The van der Waals surface area contributed by atoms with E-state index in [1.54, 1.807) is 12.1 Å². The number of hydrogen-bond acceptors (Lipinski definition) is 6. The van der Waals surface area contributed by atoms with Gasteiger partial charge in [0.25, 0.3) is 0 Å². The van der Waals surface area contributed by atoms with Gasteiger partial charge < -0.3 is 9.30 Å². The molecular formula is C30H28ClN7O. The Labute approximate surface area is 232 Å². The van der Waals surface area contributed by atoms with E-state index >= 15 is 0 Å². The number of rotatable bonds is 11. The molecule has 0 unspecified atom stereocenters. The molecule has 196 valence electrons. The molecule has 5 aromatic rings.